The Bertz CT molecular complexity index is 916. The highest BCUT2D eigenvalue weighted by Crippen LogP contribution is 2.18. The Morgan fingerprint density at radius 1 is 1.00 bits per heavy atom. The van der Waals surface area contributed by atoms with E-state index in [0.717, 1.165) is 36.6 Å². The van der Waals surface area contributed by atoms with E-state index in [4.69, 9.17) is 0 Å². The van der Waals surface area contributed by atoms with Crippen molar-refractivity contribution in [2.75, 3.05) is 36.4 Å². The van der Waals surface area contributed by atoms with E-state index in [0.29, 0.717) is 18.9 Å². The molecule has 0 saturated carbocycles. The van der Waals surface area contributed by atoms with Crippen molar-refractivity contribution in [2.24, 2.45) is 0 Å². The fraction of sp³-hybridized carbons (Fsp3) is 0.300. The Kier molecular flexibility index (Phi) is 5.18. The first kappa shape index (κ1) is 18.0. The lowest BCUT2D eigenvalue weighted by Crippen LogP contribution is -2.50. The molecule has 1 saturated heterocycles. The van der Waals surface area contributed by atoms with Gasteiger partial charge in [0.2, 0.25) is 0 Å². The summed E-state index contributed by atoms with van der Waals surface area (Å²) in [6.45, 7) is 4.81. The Balaban J connectivity index is 1.34. The third-order valence-corrected chi connectivity index (χ3v) is 4.91. The molecule has 0 aliphatic carbocycles. The molecule has 3 heterocycles. The molecule has 0 atom stereocenters. The minimum Gasteiger partial charge on any atom is -0.352 e. The highest BCUT2D eigenvalue weighted by atomic mass is 16.2. The maximum Gasteiger partial charge on any atom is 0.321 e. The van der Waals surface area contributed by atoms with Gasteiger partial charge in [-0.2, -0.15) is 5.10 Å². The normalized spacial score (nSPS) is 14.2. The molecule has 1 fully saturated rings. The van der Waals surface area contributed by atoms with Crippen LogP contribution in [0.3, 0.4) is 0 Å². The molecule has 1 aliphatic rings. The molecule has 28 heavy (non-hydrogen) atoms. The maximum atomic E-state index is 12.6. The van der Waals surface area contributed by atoms with Crippen LogP contribution in [-0.4, -0.2) is 57.1 Å². The average molecular weight is 377 g/mol. The fourth-order valence-electron chi connectivity index (χ4n) is 3.30. The Hall–Kier alpha value is -3.42. The molecule has 1 N–H and O–H groups in total. The minimum atomic E-state index is -0.0549. The van der Waals surface area contributed by atoms with Gasteiger partial charge in [0.1, 0.15) is 0 Å². The topological polar surface area (TPSA) is 79.2 Å². The second kappa shape index (κ2) is 8.08. The van der Waals surface area contributed by atoms with Gasteiger partial charge in [-0.25, -0.2) is 9.48 Å². The Labute approximate surface area is 163 Å². The van der Waals surface area contributed by atoms with Crippen LogP contribution >= 0.6 is 0 Å². The number of benzene rings is 1. The van der Waals surface area contributed by atoms with E-state index in [9.17, 15) is 4.79 Å². The highest BCUT2D eigenvalue weighted by molar-refractivity contribution is 5.90. The predicted octanol–water partition coefficient (Wildman–Crippen LogP) is 2.58. The SMILES string of the molecule is CCc1ccccc1NC(=O)N1CCN(c2ccc(-n3cccn3)nn2)CC1. The third-order valence-electron chi connectivity index (χ3n) is 4.91. The van der Waals surface area contributed by atoms with Gasteiger partial charge in [0.05, 0.1) is 0 Å². The molecule has 0 radical (unpaired) electrons. The second-order valence-corrected chi connectivity index (χ2v) is 6.62. The number of carbonyl (C=O) groups excluding carboxylic acids is 1. The number of nitrogens with one attached hydrogen (secondary N) is 1. The van der Waals surface area contributed by atoms with E-state index in [1.165, 1.54) is 0 Å². The summed E-state index contributed by atoms with van der Waals surface area (Å²) in [5.74, 6) is 1.49. The summed E-state index contributed by atoms with van der Waals surface area (Å²) in [6.07, 6.45) is 4.42. The molecule has 144 valence electrons. The monoisotopic (exact) mass is 377 g/mol. The molecule has 8 heteroatoms. The molecule has 3 aromatic rings. The molecule has 2 aromatic heterocycles. The molecule has 1 aliphatic heterocycles. The number of urea groups is 1. The summed E-state index contributed by atoms with van der Waals surface area (Å²) in [5.41, 5.74) is 2.03. The van der Waals surface area contributed by atoms with Gasteiger partial charge >= 0.3 is 6.03 Å². The van der Waals surface area contributed by atoms with Gasteiger partial charge in [0, 0.05) is 44.3 Å². The summed E-state index contributed by atoms with van der Waals surface area (Å²) in [4.78, 5) is 16.6. The van der Waals surface area contributed by atoms with E-state index >= 15 is 0 Å². The van der Waals surface area contributed by atoms with E-state index < -0.39 is 0 Å². The van der Waals surface area contributed by atoms with Crippen LogP contribution in [0.5, 0.6) is 0 Å². The van der Waals surface area contributed by atoms with Gasteiger partial charge in [-0.3, -0.25) is 0 Å². The number of aryl methyl sites for hydroxylation is 1. The highest BCUT2D eigenvalue weighted by Gasteiger charge is 2.22. The number of carbonyl (C=O) groups is 1. The van der Waals surface area contributed by atoms with Crippen LogP contribution in [0.15, 0.2) is 54.9 Å². The van der Waals surface area contributed by atoms with E-state index in [1.807, 2.05) is 53.6 Å². The number of aromatic nitrogens is 4. The quantitative estimate of drug-likeness (QED) is 0.756. The lowest BCUT2D eigenvalue weighted by molar-refractivity contribution is 0.208. The van der Waals surface area contributed by atoms with Gasteiger partial charge in [-0.1, -0.05) is 25.1 Å². The number of para-hydroxylation sites is 1. The molecule has 8 nitrogen and oxygen atoms in total. The van der Waals surface area contributed by atoms with Crippen molar-refractivity contribution in [3.05, 3.63) is 60.4 Å². The lowest BCUT2D eigenvalue weighted by Gasteiger charge is -2.35. The van der Waals surface area contributed by atoms with Crippen LogP contribution in [0.2, 0.25) is 0 Å². The molecule has 0 spiro atoms. The summed E-state index contributed by atoms with van der Waals surface area (Å²) in [6, 6.07) is 13.6. The number of rotatable bonds is 4. The molecule has 0 unspecified atom stereocenters. The van der Waals surface area contributed by atoms with Crippen LogP contribution in [0, 0.1) is 0 Å². The van der Waals surface area contributed by atoms with Crippen molar-refractivity contribution < 1.29 is 4.79 Å². The predicted molar refractivity (Wildman–Crippen MR) is 108 cm³/mol. The first-order valence-electron chi connectivity index (χ1n) is 9.47. The van der Waals surface area contributed by atoms with Gasteiger partial charge in [0.15, 0.2) is 11.6 Å². The fourth-order valence-corrected chi connectivity index (χ4v) is 3.30. The number of hydrogen-bond acceptors (Lipinski definition) is 5. The second-order valence-electron chi connectivity index (χ2n) is 6.62. The smallest absolute Gasteiger partial charge is 0.321 e. The van der Waals surface area contributed by atoms with E-state index in [1.54, 1.807) is 10.9 Å². The van der Waals surface area contributed by atoms with Crippen molar-refractivity contribution in [2.45, 2.75) is 13.3 Å². The Morgan fingerprint density at radius 3 is 2.43 bits per heavy atom. The van der Waals surface area contributed by atoms with Crippen LogP contribution in [-0.2, 0) is 6.42 Å². The minimum absolute atomic E-state index is 0.0549. The zero-order valence-electron chi connectivity index (χ0n) is 15.8. The maximum absolute atomic E-state index is 12.6. The molecule has 2 amide bonds. The number of anilines is 2. The number of piperazine rings is 1. The summed E-state index contributed by atoms with van der Waals surface area (Å²) in [7, 11) is 0. The van der Waals surface area contributed by atoms with Crippen molar-refractivity contribution in [1.29, 1.82) is 0 Å². The summed E-state index contributed by atoms with van der Waals surface area (Å²) >= 11 is 0. The first-order chi connectivity index (χ1) is 13.7. The van der Waals surface area contributed by atoms with Gasteiger partial charge in [-0.15, -0.1) is 10.2 Å². The zero-order valence-corrected chi connectivity index (χ0v) is 15.8. The molecular formula is C20H23N7O. The number of nitrogens with zero attached hydrogens (tertiary/aromatic N) is 6. The standard InChI is InChI=1S/C20H23N7O/c1-2-16-6-3-4-7-17(16)22-20(28)26-14-12-25(13-15-26)18-8-9-19(24-23-18)27-11-5-10-21-27/h3-11H,2,12-15H2,1H3,(H,22,28). The lowest BCUT2D eigenvalue weighted by atomic mass is 10.1. The van der Waals surface area contributed by atoms with Gasteiger partial charge in [0.25, 0.3) is 0 Å². The average Bonchev–Trinajstić information content (AvgIpc) is 3.29. The van der Waals surface area contributed by atoms with Gasteiger partial charge < -0.3 is 15.1 Å². The Morgan fingerprint density at radius 2 is 1.75 bits per heavy atom. The van der Waals surface area contributed by atoms with Crippen LogP contribution < -0.4 is 10.2 Å². The van der Waals surface area contributed by atoms with Crippen molar-refractivity contribution in [3.8, 4) is 5.82 Å². The zero-order chi connectivity index (χ0) is 19.3. The van der Waals surface area contributed by atoms with Gasteiger partial charge in [-0.05, 0) is 36.2 Å². The molecule has 0 bridgehead atoms. The van der Waals surface area contributed by atoms with Crippen molar-refractivity contribution in [3.63, 3.8) is 0 Å². The van der Waals surface area contributed by atoms with E-state index in [-0.39, 0.29) is 6.03 Å². The number of amides is 2. The van der Waals surface area contributed by atoms with Crippen LogP contribution in [0.25, 0.3) is 5.82 Å². The molecule has 1 aromatic carbocycles. The van der Waals surface area contributed by atoms with Crippen molar-refractivity contribution >= 4 is 17.5 Å². The van der Waals surface area contributed by atoms with Crippen LogP contribution in [0.4, 0.5) is 16.3 Å². The summed E-state index contributed by atoms with van der Waals surface area (Å²) in [5, 5.41) is 15.7. The third kappa shape index (κ3) is 3.80. The number of hydrogen-bond donors (Lipinski definition) is 1. The molecule has 4 rings (SSSR count). The summed E-state index contributed by atoms with van der Waals surface area (Å²) < 4.78 is 1.67. The van der Waals surface area contributed by atoms with E-state index in [2.05, 4.69) is 32.4 Å². The van der Waals surface area contributed by atoms with Crippen molar-refractivity contribution in [1.82, 2.24) is 24.9 Å². The molecular weight excluding hydrogens is 354 g/mol. The first-order valence-corrected chi connectivity index (χ1v) is 9.47. The largest absolute Gasteiger partial charge is 0.352 e. The van der Waals surface area contributed by atoms with Crippen LogP contribution in [0.1, 0.15) is 12.5 Å².